The minimum Gasteiger partial charge on any atom is -0.481 e. The van der Waals surface area contributed by atoms with Crippen LogP contribution in [0.1, 0.15) is 10.4 Å². The van der Waals surface area contributed by atoms with Gasteiger partial charge in [0.2, 0.25) is 5.88 Å². The summed E-state index contributed by atoms with van der Waals surface area (Å²) in [6.45, 7) is 0. The van der Waals surface area contributed by atoms with Crippen molar-refractivity contribution in [1.82, 2.24) is 14.5 Å². The molecular weight excluding hydrogens is 286 g/mol. The van der Waals surface area contributed by atoms with Gasteiger partial charge in [0.25, 0.3) is 5.56 Å². The van der Waals surface area contributed by atoms with Crippen LogP contribution in [0.4, 0.5) is 0 Å². The Morgan fingerprint density at radius 1 is 1.27 bits per heavy atom. The lowest BCUT2D eigenvalue weighted by molar-refractivity contribution is 0.0695. The van der Waals surface area contributed by atoms with Gasteiger partial charge in [-0.3, -0.25) is 9.36 Å². The number of carboxylic acid groups (broad SMARTS) is 1. The summed E-state index contributed by atoms with van der Waals surface area (Å²) < 4.78 is 6.20. The minimum absolute atomic E-state index is 0.323. The molecule has 3 aromatic rings. The van der Waals surface area contributed by atoms with Gasteiger partial charge >= 0.3 is 5.97 Å². The Bertz CT molecular complexity index is 916. The first kappa shape index (κ1) is 13.7. The fourth-order valence-corrected chi connectivity index (χ4v) is 2.16. The van der Waals surface area contributed by atoms with Gasteiger partial charge in [-0.05, 0) is 24.3 Å². The molecule has 0 aromatic carbocycles. The molecular formula is C15H11N3O4. The second-order valence-electron chi connectivity index (χ2n) is 4.48. The summed E-state index contributed by atoms with van der Waals surface area (Å²) in [5.74, 6) is -0.894. The van der Waals surface area contributed by atoms with E-state index in [2.05, 4.69) is 9.97 Å². The molecule has 3 rings (SSSR count). The van der Waals surface area contributed by atoms with Gasteiger partial charge in [-0.25, -0.2) is 14.8 Å². The van der Waals surface area contributed by atoms with E-state index in [9.17, 15) is 14.7 Å². The van der Waals surface area contributed by atoms with Gasteiger partial charge in [-0.15, -0.1) is 0 Å². The Hall–Kier alpha value is -3.22. The molecule has 7 heteroatoms. The van der Waals surface area contributed by atoms with E-state index in [1.807, 2.05) is 0 Å². The molecule has 0 aliphatic rings. The van der Waals surface area contributed by atoms with Crippen molar-refractivity contribution in [3.63, 3.8) is 0 Å². The Kier molecular flexibility index (Phi) is 3.30. The fourth-order valence-electron chi connectivity index (χ4n) is 2.16. The zero-order chi connectivity index (χ0) is 15.7. The van der Waals surface area contributed by atoms with E-state index in [-0.39, 0.29) is 5.56 Å². The van der Waals surface area contributed by atoms with Crippen LogP contribution < -0.4 is 10.3 Å². The lowest BCUT2D eigenvalue weighted by atomic mass is 10.2. The predicted octanol–water partition coefficient (Wildman–Crippen LogP) is 1.49. The van der Waals surface area contributed by atoms with E-state index >= 15 is 0 Å². The van der Waals surface area contributed by atoms with Crippen molar-refractivity contribution in [3.05, 3.63) is 58.6 Å². The normalized spacial score (nSPS) is 10.6. The second-order valence-corrected chi connectivity index (χ2v) is 4.48. The Labute approximate surface area is 124 Å². The quantitative estimate of drug-likeness (QED) is 0.787. The zero-order valence-electron chi connectivity index (χ0n) is 11.6. The van der Waals surface area contributed by atoms with Gasteiger partial charge in [0.05, 0.1) is 19.0 Å². The van der Waals surface area contributed by atoms with Crippen molar-refractivity contribution < 1.29 is 14.6 Å². The Balaban J connectivity index is 2.37. The van der Waals surface area contributed by atoms with E-state index in [1.165, 1.54) is 30.1 Å². The standard InChI is InChI=1S/C15H11N3O4/c1-22-12-5-4-10(8-17-12)18-13-9(3-2-6-16-13)7-11(14(18)19)15(20)21/h2-8H,1H3,(H,20,21). The molecule has 7 nitrogen and oxygen atoms in total. The predicted molar refractivity (Wildman–Crippen MR) is 78.6 cm³/mol. The third-order valence-electron chi connectivity index (χ3n) is 3.18. The zero-order valence-corrected chi connectivity index (χ0v) is 11.6. The fraction of sp³-hybridized carbons (Fsp3) is 0.0667. The molecule has 0 radical (unpaired) electrons. The maximum Gasteiger partial charge on any atom is 0.341 e. The van der Waals surface area contributed by atoms with Gasteiger partial charge in [0.1, 0.15) is 11.2 Å². The Morgan fingerprint density at radius 2 is 2.09 bits per heavy atom. The highest BCUT2D eigenvalue weighted by Crippen LogP contribution is 2.16. The third kappa shape index (κ3) is 2.18. The van der Waals surface area contributed by atoms with Gasteiger partial charge in [-0.1, -0.05) is 0 Å². The van der Waals surface area contributed by atoms with Crippen molar-refractivity contribution in [2.45, 2.75) is 0 Å². The summed E-state index contributed by atoms with van der Waals surface area (Å²) in [6.07, 6.45) is 2.97. The molecule has 110 valence electrons. The number of ether oxygens (including phenoxy) is 1. The summed E-state index contributed by atoms with van der Waals surface area (Å²) in [7, 11) is 1.48. The highest BCUT2D eigenvalue weighted by atomic mass is 16.5. The number of hydrogen-bond acceptors (Lipinski definition) is 5. The molecule has 0 fully saturated rings. The molecule has 0 unspecified atom stereocenters. The number of aromatic carboxylic acids is 1. The van der Waals surface area contributed by atoms with Crippen molar-refractivity contribution >= 4 is 17.0 Å². The summed E-state index contributed by atoms with van der Waals surface area (Å²) >= 11 is 0. The summed E-state index contributed by atoms with van der Waals surface area (Å²) in [6, 6.07) is 7.90. The third-order valence-corrected chi connectivity index (χ3v) is 3.18. The number of methoxy groups -OCH3 is 1. The van der Waals surface area contributed by atoms with Crippen LogP contribution >= 0.6 is 0 Å². The Morgan fingerprint density at radius 3 is 2.73 bits per heavy atom. The molecule has 0 aliphatic carbocycles. The van der Waals surface area contributed by atoms with Crippen molar-refractivity contribution in [1.29, 1.82) is 0 Å². The van der Waals surface area contributed by atoms with E-state index in [4.69, 9.17) is 4.74 Å². The molecule has 0 atom stereocenters. The van der Waals surface area contributed by atoms with Crippen LogP contribution in [-0.4, -0.2) is 32.7 Å². The summed E-state index contributed by atoms with van der Waals surface area (Å²) in [5, 5.41) is 9.76. The number of nitrogens with zero attached hydrogens (tertiary/aromatic N) is 3. The monoisotopic (exact) mass is 297 g/mol. The van der Waals surface area contributed by atoms with Crippen LogP contribution in [0.25, 0.3) is 16.7 Å². The van der Waals surface area contributed by atoms with Crippen molar-refractivity contribution in [2.24, 2.45) is 0 Å². The first-order chi connectivity index (χ1) is 10.6. The molecule has 0 bridgehead atoms. The maximum atomic E-state index is 12.5. The molecule has 3 aromatic heterocycles. The molecule has 1 N–H and O–H groups in total. The van der Waals surface area contributed by atoms with Crippen LogP contribution in [-0.2, 0) is 0 Å². The highest BCUT2D eigenvalue weighted by Gasteiger charge is 2.16. The number of carbonyl (C=O) groups is 1. The first-order valence-electron chi connectivity index (χ1n) is 6.36. The molecule has 22 heavy (non-hydrogen) atoms. The van der Waals surface area contributed by atoms with Crippen LogP contribution in [0, 0.1) is 0 Å². The molecule has 0 saturated heterocycles. The van der Waals surface area contributed by atoms with Crippen LogP contribution in [0.3, 0.4) is 0 Å². The lowest BCUT2D eigenvalue weighted by Crippen LogP contribution is -2.26. The average Bonchev–Trinajstić information content (AvgIpc) is 2.54. The lowest BCUT2D eigenvalue weighted by Gasteiger charge is -2.10. The van der Waals surface area contributed by atoms with Crippen molar-refractivity contribution in [2.75, 3.05) is 7.11 Å². The van der Waals surface area contributed by atoms with Gasteiger partial charge in [-0.2, -0.15) is 0 Å². The number of aromatic nitrogens is 3. The van der Waals surface area contributed by atoms with Crippen molar-refractivity contribution in [3.8, 4) is 11.6 Å². The summed E-state index contributed by atoms with van der Waals surface area (Å²) in [5.41, 5.74) is -0.205. The number of carboxylic acids is 1. The molecule has 0 aliphatic heterocycles. The van der Waals surface area contributed by atoms with E-state index in [0.29, 0.717) is 22.6 Å². The number of pyridine rings is 3. The minimum atomic E-state index is -1.29. The average molecular weight is 297 g/mol. The SMILES string of the molecule is COc1ccc(-n2c(=O)c(C(=O)O)cc3cccnc32)cn1. The molecule has 0 saturated carbocycles. The van der Waals surface area contributed by atoms with Crippen LogP contribution in [0.5, 0.6) is 5.88 Å². The number of rotatable bonds is 3. The smallest absolute Gasteiger partial charge is 0.341 e. The maximum absolute atomic E-state index is 12.5. The largest absolute Gasteiger partial charge is 0.481 e. The van der Waals surface area contributed by atoms with E-state index in [0.717, 1.165) is 0 Å². The highest BCUT2D eigenvalue weighted by molar-refractivity contribution is 5.92. The van der Waals surface area contributed by atoms with Gasteiger partial charge in [0.15, 0.2) is 0 Å². The second kappa shape index (κ2) is 5.28. The van der Waals surface area contributed by atoms with Crippen LogP contribution in [0.15, 0.2) is 47.5 Å². The van der Waals surface area contributed by atoms with E-state index in [1.54, 1.807) is 24.3 Å². The first-order valence-corrected chi connectivity index (χ1v) is 6.36. The molecule has 0 spiro atoms. The van der Waals surface area contributed by atoms with Gasteiger partial charge in [0, 0.05) is 17.6 Å². The number of fused-ring (bicyclic) bond motifs is 1. The van der Waals surface area contributed by atoms with Crippen LogP contribution in [0.2, 0.25) is 0 Å². The summed E-state index contributed by atoms with van der Waals surface area (Å²) in [4.78, 5) is 32.0. The van der Waals surface area contributed by atoms with E-state index < -0.39 is 11.5 Å². The molecule has 3 heterocycles. The molecule has 0 amide bonds. The topological polar surface area (TPSA) is 94.3 Å². The number of hydrogen-bond donors (Lipinski definition) is 1. The van der Waals surface area contributed by atoms with Gasteiger partial charge < -0.3 is 9.84 Å².